The molecule has 4 N–H and O–H groups in total. The second kappa shape index (κ2) is 5.98. The Balaban J connectivity index is 1.65. The van der Waals surface area contributed by atoms with Gasteiger partial charge >= 0.3 is 0 Å². The van der Waals surface area contributed by atoms with E-state index < -0.39 is 0 Å². The van der Waals surface area contributed by atoms with E-state index in [4.69, 9.17) is 10.2 Å². The minimum atomic E-state index is -0.130. The first-order valence-corrected chi connectivity index (χ1v) is 8.67. The molecule has 126 valence electrons. The van der Waals surface area contributed by atoms with Crippen LogP contribution in [0.3, 0.4) is 0 Å². The predicted octanol–water partition coefficient (Wildman–Crippen LogP) is 3.36. The third-order valence-corrected chi connectivity index (χ3v) is 5.11. The summed E-state index contributed by atoms with van der Waals surface area (Å²) < 4.78 is 5.60. The summed E-state index contributed by atoms with van der Waals surface area (Å²) in [4.78, 5) is 12.3. The predicted molar refractivity (Wildman–Crippen MR) is 92.7 cm³/mol. The van der Waals surface area contributed by atoms with Crippen molar-refractivity contribution in [2.45, 2.75) is 44.3 Å². The number of furan rings is 1. The van der Waals surface area contributed by atoms with Gasteiger partial charge in [-0.1, -0.05) is 6.92 Å². The Hall–Kier alpha value is -2.27. The van der Waals surface area contributed by atoms with Gasteiger partial charge in [-0.05, 0) is 55.2 Å². The zero-order valence-corrected chi connectivity index (χ0v) is 13.8. The van der Waals surface area contributed by atoms with Crippen molar-refractivity contribution in [3.63, 3.8) is 0 Å². The van der Waals surface area contributed by atoms with Gasteiger partial charge in [-0.2, -0.15) is 0 Å². The first-order chi connectivity index (χ1) is 11.7. The van der Waals surface area contributed by atoms with Crippen molar-refractivity contribution in [1.82, 2.24) is 5.32 Å². The number of anilines is 1. The van der Waals surface area contributed by atoms with Gasteiger partial charge < -0.3 is 20.8 Å². The van der Waals surface area contributed by atoms with Crippen LogP contribution in [0.5, 0.6) is 0 Å². The molecule has 0 radical (unpaired) electrons. The van der Waals surface area contributed by atoms with Gasteiger partial charge in [-0.15, -0.1) is 0 Å². The maximum atomic E-state index is 12.3. The van der Waals surface area contributed by atoms with Gasteiger partial charge in [0.2, 0.25) is 0 Å². The monoisotopic (exact) mass is 325 g/mol. The molecule has 2 heterocycles. The highest BCUT2D eigenvalue weighted by molar-refractivity contribution is 5.95. The molecule has 1 aromatic carbocycles. The highest BCUT2D eigenvalue weighted by Crippen LogP contribution is 2.44. The molecule has 1 aliphatic carbocycles. The molecule has 1 aromatic heterocycles. The molecule has 2 aromatic rings. The number of amides is 1. The first kappa shape index (κ1) is 15.3. The largest absolute Gasteiger partial charge is 0.467 e. The van der Waals surface area contributed by atoms with Gasteiger partial charge in [0.1, 0.15) is 5.76 Å². The standard InChI is InChI=1S/C19H23N3O2/c1-2-13-17(20)14-10-11(19(23)21-12-6-7-12)5-8-15(14)22-18(13)16-4-3-9-24-16/h3-5,8-10,12-13,17-18,22H,2,6-7,20H2,1H3,(H,21,23)/t13-,17+,18?/m1/s1. The first-order valence-electron chi connectivity index (χ1n) is 8.67. The Kier molecular flexibility index (Phi) is 3.81. The Morgan fingerprint density at radius 3 is 2.88 bits per heavy atom. The molecule has 5 heteroatoms. The normalized spacial score (nSPS) is 25.7. The van der Waals surface area contributed by atoms with E-state index in [1.54, 1.807) is 6.26 Å². The summed E-state index contributed by atoms with van der Waals surface area (Å²) >= 11 is 0. The van der Waals surface area contributed by atoms with E-state index in [9.17, 15) is 4.79 Å². The lowest BCUT2D eigenvalue weighted by molar-refractivity contribution is 0.0951. The lowest BCUT2D eigenvalue weighted by Crippen LogP contribution is -2.36. The minimum Gasteiger partial charge on any atom is -0.467 e. The summed E-state index contributed by atoms with van der Waals surface area (Å²) in [6.07, 6.45) is 4.79. The maximum absolute atomic E-state index is 12.3. The van der Waals surface area contributed by atoms with Crippen LogP contribution in [0.4, 0.5) is 5.69 Å². The molecule has 1 unspecified atom stereocenters. The average Bonchev–Trinajstić information content (AvgIpc) is 3.24. The molecule has 1 fully saturated rings. The van der Waals surface area contributed by atoms with Crippen LogP contribution in [0.25, 0.3) is 0 Å². The lowest BCUT2D eigenvalue weighted by atomic mass is 9.80. The number of nitrogens with two attached hydrogens (primary N) is 1. The third-order valence-electron chi connectivity index (χ3n) is 5.11. The van der Waals surface area contributed by atoms with Crippen LogP contribution in [-0.4, -0.2) is 11.9 Å². The van der Waals surface area contributed by atoms with E-state index in [-0.39, 0.29) is 23.9 Å². The molecular formula is C19H23N3O2. The van der Waals surface area contributed by atoms with Crippen LogP contribution in [-0.2, 0) is 0 Å². The Bertz CT molecular complexity index is 737. The third kappa shape index (κ3) is 2.69. The van der Waals surface area contributed by atoms with Gasteiger partial charge in [0.05, 0.1) is 12.3 Å². The van der Waals surface area contributed by atoms with Crippen molar-refractivity contribution in [2.24, 2.45) is 11.7 Å². The number of hydrogen-bond donors (Lipinski definition) is 3. The van der Waals surface area contributed by atoms with Crippen LogP contribution in [0, 0.1) is 5.92 Å². The molecule has 3 atom stereocenters. The molecule has 5 nitrogen and oxygen atoms in total. The van der Waals surface area contributed by atoms with Gasteiger partial charge in [0, 0.05) is 29.3 Å². The number of nitrogens with one attached hydrogen (secondary N) is 2. The summed E-state index contributed by atoms with van der Waals surface area (Å²) in [6, 6.07) is 9.92. The summed E-state index contributed by atoms with van der Waals surface area (Å²) in [5.41, 5.74) is 9.24. The number of carbonyl (C=O) groups is 1. The Morgan fingerprint density at radius 2 is 2.21 bits per heavy atom. The quantitative estimate of drug-likeness (QED) is 0.805. The lowest BCUT2D eigenvalue weighted by Gasteiger charge is -2.38. The highest BCUT2D eigenvalue weighted by atomic mass is 16.3. The molecule has 0 saturated heterocycles. The number of benzene rings is 1. The van der Waals surface area contributed by atoms with E-state index >= 15 is 0 Å². The minimum absolute atomic E-state index is 0.00583. The van der Waals surface area contributed by atoms with Crippen LogP contribution in [0.15, 0.2) is 41.0 Å². The number of carbonyl (C=O) groups excluding carboxylic acids is 1. The fraction of sp³-hybridized carbons (Fsp3) is 0.421. The maximum Gasteiger partial charge on any atom is 0.251 e. The number of hydrogen-bond acceptors (Lipinski definition) is 4. The number of rotatable bonds is 4. The number of fused-ring (bicyclic) bond motifs is 1. The average molecular weight is 325 g/mol. The molecule has 24 heavy (non-hydrogen) atoms. The Labute approximate surface area is 141 Å². The van der Waals surface area contributed by atoms with E-state index in [2.05, 4.69) is 17.6 Å². The summed E-state index contributed by atoms with van der Waals surface area (Å²) in [5.74, 6) is 1.11. The molecule has 4 rings (SSSR count). The van der Waals surface area contributed by atoms with Gasteiger partial charge in [-0.3, -0.25) is 4.79 Å². The summed E-state index contributed by atoms with van der Waals surface area (Å²) in [6.45, 7) is 2.14. The molecule has 1 amide bonds. The summed E-state index contributed by atoms with van der Waals surface area (Å²) in [7, 11) is 0. The fourth-order valence-electron chi connectivity index (χ4n) is 3.56. The van der Waals surface area contributed by atoms with Crippen molar-refractivity contribution in [2.75, 3.05) is 5.32 Å². The SMILES string of the molecule is CC[C@H]1C(c2ccco2)Nc2ccc(C(=O)NC3CC3)cc2[C@H]1N. The van der Waals surface area contributed by atoms with Crippen molar-refractivity contribution < 1.29 is 9.21 Å². The van der Waals surface area contributed by atoms with Crippen molar-refractivity contribution >= 4 is 11.6 Å². The van der Waals surface area contributed by atoms with E-state index in [0.717, 1.165) is 36.3 Å². The van der Waals surface area contributed by atoms with E-state index in [1.807, 2.05) is 30.3 Å². The van der Waals surface area contributed by atoms with Crippen LogP contribution < -0.4 is 16.4 Å². The van der Waals surface area contributed by atoms with Crippen LogP contribution in [0.2, 0.25) is 0 Å². The highest BCUT2D eigenvalue weighted by Gasteiger charge is 2.36. The van der Waals surface area contributed by atoms with Gasteiger partial charge in [0.15, 0.2) is 0 Å². The van der Waals surface area contributed by atoms with E-state index in [0.29, 0.717) is 11.6 Å². The zero-order valence-electron chi connectivity index (χ0n) is 13.8. The fourth-order valence-corrected chi connectivity index (χ4v) is 3.56. The van der Waals surface area contributed by atoms with Crippen LogP contribution >= 0.6 is 0 Å². The molecule has 2 aliphatic rings. The van der Waals surface area contributed by atoms with Crippen molar-refractivity contribution in [1.29, 1.82) is 0 Å². The molecule has 1 saturated carbocycles. The second-order valence-corrected chi connectivity index (χ2v) is 6.79. The van der Waals surface area contributed by atoms with E-state index in [1.165, 1.54) is 0 Å². The molecule has 0 spiro atoms. The Morgan fingerprint density at radius 1 is 1.38 bits per heavy atom. The smallest absolute Gasteiger partial charge is 0.251 e. The molecule has 0 bridgehead atoms. The molecular weight excluding hydrogens is 302 g/mol. The van der Waals surface area contributed by atoms with Crippen molar-refractivity contribution in [3.8, 4) is 0 Å². The topological polar surface area (TPSA) is 80.3 Å². The summed E-state index contributed by atoms with van der Waals surface area (Å²) in [5, 5.41) is 6.58. The van der Waals surface area contributed by atoms with Gasteiger partial charge in [-0.25, -0.2) is 0 Å². The molecule has 1 aliphatic heterocycles. The zero-order chi connectivity index (χ0) is 16.7. The van der Waals surface area contributed by atoms with Crippen LogP contribution in [0.1, 0.15) is 60.0 Å². The van der Waals surface area contributed by atoms with Crippen molar-refractivity contribution in [3.05, 3.63) is 53.5 Å². The van der Waals surface area contributed by atoms with Gasteiger partial charge in [0.25, 0.3) is 5.91 Å². The second-order valence-electron chi connectivity index (χ2n) is 6.79.